The second kappa shape index (κ2) is 4.85. The first-order chi connectivity index (χ1) is 8.95. The van der Waals surface area contributed by atoms with Crippen LogP contribution in [0, 0.1) is 11.6 Å². The third-order valence-electron chi connectivity index (χ3n) is 2.40. The fraction of sp³-hybridized carbons (Fsp3) is 0.0909. The van der Waals surface area contributed by atoms with Crippen LogP contribution in [0.4, 0.5) is 8.78 Å². The first-order valence-electron chi connectivity index (χ1n) is 4.96. The van der Waals surface area contributed by atoms with Crippen molar-refractivity contribution in [3.63, 3.8) is 0 Å². The first kappa shape index (κ1) is 13.3. The van der Waals surface area contributed by atoms with Gasteiger partial charge in [0.1, 0.15) is 11.4 Å². The number of hydrogen-bond donors (Lipinski definition) is 2. The van der Waals surface area contributed by atoms with Gasteiger partial charge in [0.2, 0.25) is 0 Å². The van der Waals surface area contributed by atoms with E-state index in [9.17, 15) is 13.6 Å². The Kier molecular flexibility index (Phi) is 3.39. The molecule has 0 radical (unpaired) electrons. The van der Waals surface area contributed by atoms with Crippen molar-refractivity contribution in [3.8, 4) is 17.0 Å². The van der Waals surface area contributed by atoms with E-state index in [0.717, 1.165) is 12.1 Å². The fourth-order valence-corrected chi connectivity index (χ4v) is 1.83. The summed E-state index contributed by atoms with van der Waals surface area (Å²) in [7, 11) is 1.23. The number of H-pyrrole nitrogens is 1. The van der Waals surface area contributed by atoms with E-state index in [1.54, 1.807) is 0 Å². The molecule has 8 heteroatoms. The van der Waals surface area contributed by atoms with E-state index >= 15 is 0 Å². The molecule has 19 heavy (non-hydrogen) atoms. The highest BCUT2D eigenvalue weighted by Crippen LogP contribution is 2.38. The number of benzene rings is 1. The molecular formula is C11H7ClF2N2O3. The molecule has 1 heterocycles. The molecule has 0 aliphatic heterocycles. The SMILES string of the molecule is COc1c(Cl)cc(F)c(F)c1-c1cc(C(=O)O)[nH]n1. The van der Waals surface area contributed by atoms with Gasteiger partial charge in [0.05, 0.1) is 23.4 Å². The quantitative estimate of drug-likeness (QED) is 0.852. The predicted molar refractivity (Wildman–Crippen MR) is 62.5 cm³/mol. The molecule has 2 aromatic rings. The van der Waals surface area contributed by atoms with Crippen molar-refractivity contribution in [1.82, 2.24) is 10.2 Å². The van der Waals surface area contributed by atoms with Crippen LogP contribution in [-0.4, -0.2) is 28.4 Å². The van der Waals surface area contributed by atoms with Crippen LogP contribution >= 0.6 is 11.6 Å². The second-order valence-corrected chi connectivity index (χ2v) is 3.94. The van der Waals surface area contributed by atoms with Crippen molar-refractivity contribution in [2.24, 2.45) is 0 Å². The molecule has 0 spiro atoms. The Hall–Kier alpha value is -2.15. The number of nitrogens with zero attached hydrogens (tertiary/aromatic N) is 1. The number of hydrogen-bond acceptors (Lipinski definition) is 3. The summed E-state index contributed by atoms with van der Waals surface area (Å²) in [6.07, 6.45) is 0. The topological polar surface area (TPSA) is 75.2 Å². The van der Waals surface area contributed by atoms with Crippen LogP contribution in [0.1, 0.15) is 10.5 Å². The molecule has 0 fully saturated rings. The van der Waals surface area contributed by atoms with Gasteiger partial charge in [-0.15, -0.1) is 0 Å². The summed E-state index contributed by atoms with van der Waals surface area (Å²) >= 11 is 5.74. The summed E-state index contributed by atoms with van der Waals surface area (Å²) < 4.78 is 32.0. The zero-order chi connectivity index (χ0) is 14.2. The maximum absolute atomic E-state index is 13.8. The molecule has 1 aromatic carbocycles. The van der Waals surface area contributed by atoms with E-state index < -0.39 is 17.6 Å². The van der Waals surface area contributed by atoms with E-state index in [0.29, 0.717) is 0 Å². The number of aromatic amines is 1. The van der Waals surface area contributed by atoms with Crippen molar-refractivity contribution in [3.05, 3.63) is 34.5 Å². The van der Waals surface area contributed by atoms with E-state index in [-0.39, 0.29) is 27.7 Å². The summed E-state index contributed by atoms with van der Waals surface area (Å²) in [5.74, 6) is -3.80. The van der Waals surface area contributed by atoms with E-state index in [2.05, 4.69) is 10.2 Å². The number of aromatic nitrogens is 2. The standard InChI is InChI=1S/C11H7ClF2N2O3/c1-19-10-4(12)2-5(13)9(14)8(10)6-3-7(11(17)18)16-15-6/h2-3H,1H3,(H,15,16)(H,17,18). The molecule has 0 aliphatic rings. The van der Waals surface area contributed by atoms with Crippen LogP contribution in [-0.2, 0) is 0 Å². The minimum absolute atomic E-state index is 0.117. The van der Waals surface area contributed by atoms with Crippen molar-refractivity contribution in [2.45, 2.75) is 0 Å². The van der Waals surface area contributed by atoms with Crippen LogP contribution < -0.4 is 4.74 Å². The van der Waals surface area contributed by atoms with Gasteiger partial charge in [0.25, 0.3) is 0 Å². The Balaban J connectivity index is 2.69. The summed E-state index contributed by atoms with van der Waals surface area (Å²) in [5, 5.41) is 14.4. The lowest BCUT2D eigenvalue weighted by Crippen LogP contribution is -1.97. The zero-order valence-corrected chi connectivity index (χ0v) is 10.3. The Labute approximate surface area is 110 Å². The van der Waals surface area contributed by atoms with Crippen molar-refractivity contribution >= 4 is 17.6 Å². The number of methoxy groups -OCH3 is 1. The number of rotatable bonds is 3. The first-order valence-corrected chi connectivity index (χ1v) is 5.34. The van der Waals surface area contributed by atoms with Gasteiger partial charge in [-0.1, -0.05) is 11.6 Å². The minimum atomic E-state index is -1.28. The number of ether oxygens (including phenoxy) is 1. The molecule has 0 unspecified atom stereocenters. The third-order valence-corrected chi connectivity index (χ3v) is 2.68. The van der Waals surface area contributed by atoms with Crippen LogP contribution in [0.25, 0.3) is 11.3 Å². The third kappa shape index (κ3) is 2.24. The Morgan fingerprint density at radius 1 is 1.47 bits per heavy atom. The average Bonchev–Trinajstić information content (AvgIpc) is 2.82. The van der Waals surface area contributed by atoms with Crippen LogP contribution in [0.15, 0.2) is 12.1 Å². The number of carboxylic acid groups (broad SMARTS) is 1. The highest BCUT2D eigenvalue weighted by molar-refractivity contribution is 6.32. The maximum Gasteiger partial charge on any atom is 0.353 e. The van der Waals surface area contributed by atoms with Crippen molar-refractivity contribution in [2.75, 3.05) is 7.11 Å². The van der Waals surface area contributed by atoms with Gasteiger partial charge >= 0.3 is 5.97 Å². The van der Waals surface area contributed by atoms with Crippen molar-refractivity contribution < 1.29 is 23.4 Å². The fourth-order valence-electron chi connectivity index (χ4n) is 1.57. The Bertz CT molecular complexity index is 658. The van der Waals surface area contributed by atoms with E-state index in [4.69, 9.17) is 21.4 Å². The lowest BCUT2D eigenvalue weighted by atomic mass is 10.1. The van der Waals surface area contributed by atoms with Gasteiger partial charge in [0.15, 0.2) is 11.6 Å². The van der Waals surface area contributed by atoms with Gasteiger partial charge in [-0.05, 0) is 12.1 Å². The normalized spacial score (nSPS) is 10.5. The average molecular weight is 289 g/mol. The molecule has 0 aliphatic carbocycles. The smallest absolute Gasteiger partial charge is 0.353 e. The van der Waals surface area contributed by atoms with Gasteiger partial charge in [0, 0.05) is 0 Å². The van der Waals surface area contributed by atoms with Gasteiger partial charge in [-0.2, -0.15) is 5.10 Å². The molecule has 5 nitrogen and oxygen atoms in total. The molecule has 2 rings (SSSR count). The van der Waals surface area contributed by atoms with E-state index in [1.165, 1.54) is 7.11 Å². The lowest BCUT2D eigenvalue weighted by Gasteiger charge is -2.09. The highest BCUT2D eigenvalue weighted by atomic mass is 35.5. The van der Waals surface area contributed by atoms with Gasteiger partial charge in [-0.3, -0.25) is 5.10 Å². The monoisotopic (exact) mass is 288 g/mol. The molecule has 0 saturated heterocycles. The maximum atomic E-state index is 13.8. The lowest BCUT2D eigenvalue weighted by molar-refractivity contribution is 0.0690. The number of nitrogens with one attached hydrogen (secondary N) is 1. The molecule has 100 valence electrons. The molecule has 0 amide bonds. The molecule has 1 aromatic heterocycles. The molecular weight excluding hydrogens is 282 g/mol. The van der Waals surface area contributed by atoms with Crippen LogP contribution in [0.3, 0.4) is 0 Å². The summed E-state index contributed by atoms with van der Waals surface area (Å²) in [6.45, 7) is 0. The summed E-state index contributed by atoms with van der Waals surface area (Å²) in [6, 6.07) is 1.82. The van der Waals surface area contributed by atoms with Crippen LogP contribution in [0.5, 0.6) is 5.75 Å². The predicted octanol–water partition coefficient (Wildman–Crippen LogP) is 2.72. The number of carbonyl (C=O) groups is 1. The van der Waals surface area contributed by atoms with Gasteiger partial charge in [-0.25, -0.2) is 13.6 Å². The largest absolute Gasteiger partial charge is 0.494 e. The zero-order valence-electron chi connectivity index (χ0n) is 9.50. The molecule has 0 saturated carbocycles. The van der Waals surface area contributed by atoms with Gasteiger partial charge < -0.3 is 9.84 Å². The summed E-state index contributed by atoms with van der Waals surface area (Å²) in [4.78, 5) is 10.7. The number of carboxylic acids is 1. The number of halogens is 3. The molecule has 2 N–H and O–H groups in total. The Morgan fingerprint density at radius 2 is 2.16 bits per heavy atom. The van der Waals surface area contributed by atoms with E-state index in [1.807, 2.05) is 0 Å². The Morgan fingerprint density at radius 3 is 2.68 bits per heavy atom. The number of aromatic carboxylic acids is 1. The minimum Gasteiger partial charge on any atom is -0.494 e. The molecule has 0 bridgehead atoms. The van der Waals surface area contributed by atoms with Crippen LogP contribution in [0.2, 0.25) is 5.02 Å². The van der Waals surface area contributed by atoms with Crippen molar-refractivity contribution in [1.29, 1.82) is 0 Å². The second-order valence-electron chi connectivity index (χ2n) is 3.53. The molecule has 0 atom stereocenters. The highest BCUT2D eigenvalue weighted by Gasteiger charge is 2.23. The summed E-state index contributed by atoms with van der Waals surface area (Å²) in [5.41, 5.74) is -0.721.